The summed E-state index contributed by atoms with van der Waals surface area (Å²) in [7, 11) is -3.88. The fourth-order valence-electron chi connectivity index (χ4n) is 2.14. The predicted octanol–water partition coefficient (Wildman–Crippen LogP) is 2.33. The first-order chi connectivity index (χ1) is 13.0. The standard InChI is InChI=1S/C17H17N3O5S2/c1-2-24-12-7-9-13(10-8-12)27(22,23)20-19-16(21)11-26-17-18-14-5-3-4-6-15(14)25-17/h3-10,20H,2,11H2,1H3,(H,19,21). The number of ether oxygens (including phenoxy) is 1. The fourth-order valence-corrected chi connectivity index (χ4v) is 3.64. The summed E-state index contributed by atoms with van der Waals surface area (Å²) in [4.78, 5) is 18.2. The number of carbonyl (C=O) groups excluding carboxylic acids is 1. The molecule has 0 saturated heterocycles. The van der Waals surface area contributed by atoms with Gasteiger partial charge in [0.2, 0.25) is 5.91 Å². The SMILES string of the molecule is CCOc1ccc(S(=O)(=O)NNC(=O)CSc2nc3ccccc3o2)cc1. The number of carbonyl (C=O) groups is 1. The van der Waals surface area contributed by atoms with Crippen LogP contribution in [0, 0.1) is 0 Å². The summed E-state index contributed by atoms with van der Waals surface area (Å²) in [5.74, 6) is -0.0227. The van der Waals surface area contributed by atoms with Gasteiger partial charge < -0.3 is 9.15 Å². The van der Waals surface area contributed by atoms with Gasteiger partial charge in [-0.15, -0.1) is 4.83 Å². The van der Waals surface area contributed by atoms with Crippen LogP contribution in [0.3, 0.4) is 0 Å². The molecule has 27 heavy (non-hydrogen) atoms. The van der Waals surface area contributed by atoms with E-state index in [9.17, 15) is 13.2 Å². The highest BCUT2D eigenvalue weighted by Gasteiger charge is 2.16. The molecular weight excluding hydrogens is 390 g/mol. The number of oxazole rings is 1. The Morgan fingerprint density at radius 2 is 1.93 bits per heavy atom. The molecule has 0 aliphatic carbocycles. The van der Waals surface area contributed by atoms with Crippen LogP contribution >= 0.6 is 11.8 Å². The van der Waals surface area contributed by atoms with Gasteiger partial charge in [0.25, 0.3) is 15.2 Å². The number of fused-ring (bicyclic) bond motifs is 1. The van der Waals surface area contributed by atoms with Crippen molar-refractivity contribution in [3.63, 3.8) is 0 Å². The molecule has 0 saturated carbocycles. The number of aromatic nitrogens is 1. The number of rotatable bonds is 8. The highest BCUT2D eigenvalue weighted by atomic mass is 32.2. The van der Waals surface area contributed by atoms with Crippen molar-refractivity contribution in [1.82, 2.24) is 15.2 Å². The van der Waals surface area contributed by atoms with Crippen molar-refractivity contribution >= 4 is 38.8 Å². The van der Waals surface area contributed by atoms with Gasteiger partial charge >= 0.3 is 0 Å². The molecular formula is C17H17N3O5S2. The van der Waals surface area contributed by atoms with E-state index in [2.05, 4.69) is 15.2 Å². The second kappa shape index (κ2) is 8.42. The molecule has 1 aromatic heterocycles. The molecule has 2 aromatic carbocycles. The molecule has 3 aromatic rings. The van der Waals surface area contributed by atoms with Crippen molar-refractivity contribution in [3.8, 4) is 5.75 Å². The molecule has 0 unspecified atom stereocenters. The van der Waals surface area contributed by atoms with Crippen LogP contribution in [0.5, 0.6) is 5.75 Å². The number of hydrogen-bond acceptors (Lipinski definition) is 7. The molecule has 0 aliphatic heterocycles. The number of nitrogens with one attached hydrogen (secondary N) is 2. The minimum atomic E-state index is -3.88. The monoisotopic (exact) mass is 407 g/mol. The Balaban J connectivity index is 1.53. The zero-order valence-electron chi connectivity index (χ0n) is 14.3. The molecule has 1 heterocycles. The molecule has 8 nitrogen and oxygen atoms in total. The van der Waals surface area contributed by atoms with Gasteiger partial charge in [-0.1, -0.05) is 23.9 Å². The molecule has 10 heteroatoms. The van der Waals surface area contributed by atoms with E-state index in [-0.39, 0.29) is 10.6 Å². The number of thioether (sulfide) groups is 1. The molecule has 0 bridgehead atoms. The molecule has 0 spiro atoms. The zero-order chi connectivity index (χ0) is 19.3. The van der Waals surface area contributed by atoms with Crippen molar-refractivity contribution in [2.45, 2.75) is 17.0 Å². The van der Waals surface area contributed by atoms with E-state index in [4.69, 9.17) is 9.15 Å². The summed E-state index contributed by atoms with van der Waals surface area (Å²) in [6.45, 7) is 2.32. The van der Waals surface area contributed by atoms with E-state index >= 15 is 0 Å². The molecule has 142 valence electrons. The van der Waals surface area contributed by atoms with Gasteiger partial charge in [0.1, 0.15) is 11.3 Å². The Bertz CT molecular complexity index is 999. The van der Waals surface area contributed by atoms with Crippen LogP contribution in [-0.2, 0) is 14.8 Å². The van der Waals surface area contributed by atoms with Crippen molar-refractivity contribution in [2.75, 3.05) is 12.4 Å². The first-order valence-corrected chi connectivity index (χ1v) is 10.5. The second-order valence-corrected chi connectivity index (χ2v) is 7.90. The van der Waals surface area contributed by atoms with E-state index < -0.39 is 15.9 Å². The summed E-state index contributed by atoms with van der Waals surface area (Å²) in [5.41, 5.74) is 3.48. The Morgan fingerprint density at radius 1 is 1.19 bits per heavy atom. The molecule has 1 amide bonds. The van der Waals surface area contributed by atoms with E-state index in [0.29, 0.717) is 28.7 Å². The van der Waals surface area contributed by atoms with Crippen LogP contribution < -0.4 is 15.0 Å². The van der Waals surface area contributed by atoms with E-state index in [1.165, 1.54) is 12.1 Å². The number of hydrogen-bond donors (Lipinski definition) is 2. The maximum Gasteiger partial charge on any atom is 0.257 e. The largest absolute Gasteiger partial charge is 0.494 e. The number of para-hydroxylation sites is 2. The lowest BCUT2D eigenvalue weighted by Gasteiger charge is -2.09. The third-order valence-corrected chi connectivity index (χ3v) is 5.46. The normalized spacial score (nSPS) is 11.4. The maximum atomic E-state index is 12.2. The lowest BCUT2D eigenvalue weighted by Crippen LogP contribution is -2.42. The van der Waals surface area contributed by atoms with Crippen LogP contribution in [0.2, 0.25) is 0 Å². The summed E-state index contributed by atoms with van der Waals surface area (Å²) in [5, 5.41) is 0.334. The number of amides is 1. The molecule has 0 radical (unpaired) electrons. The minimum Gasteiger partial charge on any atom is -0.494 e. The van der Waals surface area contributed by atoms with Gasteiger partial charge in [0.15, 0.2) is 5.58 Å². The lowest BCUT2D eigenvalue weighted by molar-refractivity contribution is -0.119. The summed E-state index contributed by atoms with van der Waals surface area (Å²) in [6, 6.07) is 13.1. The Labute approximate surface area is 160 Å². The Hall–Kier alpha value is -2.56. The number of nitrogens with zero attached hydrogens (tertiary/aromatic N) is 1. The van der Waals surface area contributed by atoms with E-state index in [1.54, 1.807) is 24.3 Å². The second-order valence-electron chi connectivity index (χ2n) is 5.29. The number of sulfonamides is 1. The predicted molar refractivity (Wildman–Crippen MR) is 101 cm³/mol. The molecule has 3 rings (SSSR count). The van der Waals surface area contributed by atoms with Gasteiger partial charge in [-0.25, -0.2) is 13.4 Å². The third kappa shape index (κ3) is 5.00. The van der Waals surface area contributed by atoms with Gasteiger partial charge in [-0.2, -0.15) is 0 Å². The molecule has 2 N–H and O–H groups in total. The fraction of sp³-hybridized carbons (Fsp3) is 0.176. The van der Waals surface area contributed by atoms with Crippen molar-refractivity contribution < 1.29 is 22.4 Å². The first-order valence-electron chi connectivity index (χ1n) is 8.00. The smallest absolute Gasteiger partial charge is 0.257 e. The average molecular weight is 407 g/mol. The summed E-state index contributed by atoms with van der Waals surface area (Å²) in [6.07, 6.45) is 0. The van der Waals surface area contributed by atoms with Gasteiger partial charge in [-0.05, 0) is 43.3 Å². The van der Waals surface area contributed by atoms with Crippen LogP contribution in [0.1, 0.15) is 6.92 Å². The summed E-state index contributed by atoms with van der Waals surface area (Å²) < 4.78 is 35.1. The first kappa shape index (κ1) is 19.2. The van der Waals surface area contributed by atoms with Crippen LogP contribution in [0.4, 0.5) is 0 Å². The molecule has 0 aliphatic rings. The maximum absolute atomic E-state index is 12.2. The third-order valence-electron chi connectivity index (χ3n) is 3.37. The zero-order valence-corrected chi connectivity index (χ0v) is 16.0. The van der Waals surface area contributed by atoms with Crippen molar-refractivity contribution in [1.29, 1.82) is 0 Å². The minimum absolute atomic E-state index is 0.0119. The number of hydrazine groups is 1. The topological polar surface area (TPSA) is 111 Å². The average Bonchev–Trinajstić information content (AvgIpc) is 3.08. The number of benzene rings is 2. The lowest BCUT2D eigenvalue weighted by atomic mass is 10.3. The van der Waals surface area contributed by atoms with Gasteiger partial charge in [0.05, 0.1) is 17.3 Å². The van der Waals surface area contributed by atoms with Crippen LogP contribution in [0.25, 0.3) is 11.1 Å². The Morgan fingerprint density at radius 3 is 2.63 bits per heavy atom. The molecule has 0 fully saturated rings. The highest BCUT2D eigenvalue weighted by Crippen LogP contribution is 2.22. The quantitative estimate of drug-likeness (QED) is 0.435. The van der Waals surface area contributed by atoms with Crippen molar-refractivity contribution in [2.24, 2.45) is 0 Å². The van der Waals surface area contributed by atoms with Gasteiger partial charge in [0, 0.05) is 0 Å². The highest BCUT2D eigenvalue weighted by molar-refractivity contribution is 7.99. The summed E-state index contributed by atoms with van der Waals surface area (Å²) >= 11 is 1.07. The van der Waals surface area contributed by atoms with Crippen molar-refractivity contribution in [3.05, 3.63) is 48.5 Å². The van der Waals surface area contributed by atoms with Crippen LogP contribution in [-0.4, -0.2) is 31.7 Å². The van der Waals surface area contributed by atoms with E-state index in [1.807, 2.05) is 19.1 Å². The van der Waals surface area contributed by atoms with Crippen LogP contribution in [0.15, 0.2) is 63.1 Å². The Kier molecular flexibility index (Phi) is 5.99. The molecule has 0 atom stereocenters. The van der Waals surface area contributed by atoms with E-state index in [0.717, 1.165) is 11.8 Å². The van der Waals surface area contributed by atoms with Gasteiger partial charge in [-0.3, -0.25) is 10.2 Å².